The van der Waals surface area contributed by atoms with Gasteiger partial charge in [0.2, 0.25) is 5.76 Å². The first-order chi connectivity index (χ1) is 13.2. The highest BCUT2D eigenvalue weighted by Gasteiger charge is 2.28. The van der Waals surface area contributed by atoms with Crippen LogP contribution in [0.2, 0.25) is 0 Å². The predicted molar refractivity (Wildman–Crippen MR) is 99.5 cm³/mol. The van der Waals surface area contributed by atoms with Gasteiger partial charge in [0.1, 0.15) is 5.75 Å². The van der Waals surface area contributed by atoms with E-state index in [1.54, 1.807) is 6.92 Å². The molecule has 0 bridgehead atoms. The molecule has 3 rings (SSSR count). The van der Waals surface area contributed by atoms with Crippen molar-refractivity contribution in [3.63, 3.8) is 0 Å². The lowest BCUT2D eigenvalue weighted by molar-refractivity contribution is -0.123. The molecule has 0 saturated heterocycles. The fourth-order valence-corrected chi connectivity index (χ4v) is 3.71. The Labute approximate surface area is 162 Å². The first-order valence-electron chi connectivity index (χ1n) is 8.84. The van der Waals surface area contributed by atoms with E-state index in [1.165, 1.54) is 24.3 Å². The van der Waals surface area contributed by atoms with Crippen LogP contribution in [0, 0.1) is 5.92 Å². The summed E-state index contributed by atoms with van der Waals surface area (Å²) in [6.07, 6.45) is 0.464. The molecular weight excluding hydrogens is 386 g/mol. The van der Waals surface area contributed by atoms with Crippen molar-refractivity contribution in [3.05, 3.63) is 35.7 Å². The van der Waals surface area contributed by atoms with Gasteiger partial charge in [-0.3, -0.25) is 9.59 Å². The van der Waals surface area contributed by atoms with Crippen molar-refractivity contribution < 1.29 is 27.3 Å². The monoisotopic (exact) mass is 407 g/mol. The molecule has 1 aromatic carbocycles. The Hall–Kier alpha value is -2.88. The number of nitrogens with one attached hydrogen (secondary N) is 2. The first-order valence-corrected chi connectivity index (χ1v) is 10.3. The van der Waals surface area contributed by atoms with Crippen molar-refractivity contribution in [1.82, 2.24) is 9.88 Å². The molecule has 0 unspecified atom stereocenters. The fraction of sp³-hybridized carbons (Fsp3) is 0.389. The Kier molecular flexibility index (Phi) is 5.41. The highest BCUT2D eigenvalue weighted by atomic mass is 32.2. The van der Waals surface area contributed by atoms with Crippen molar-refractivity contribution in [2.45, 2.75) is 44.6 Å². The van der Waals surface area contributed by atoms with Gasteiger partial charge in [0.25, 0.3) is 15.9 Å². The van der Waals surface area contributed by atoms with Gasteiger partial charge in [-0.15, -0.1) is 0 Å². The minimum Gasteiger partial charge on any atom is -0.478 e. The number of anilines is 1. The van der Waals surface area contributed by atoms with E-state index in [2.05, 4.69) is 10.5 Å². The normalized spacial score (nSPS) is 16.3. The molecule has 0 fully saturated rings. The van der Waals surface area contributed by atoms with E-state index < -0.39 is 22.0 Å². The number of benzene rings is 1. The summed E-state index contributed by atoms with van der Waals surface area (Å²) in [7, 11) is -4.19. The van der Waals surface area contributed by atoms with Crippen LogP contribution >= 0.6 is 0 Å². The Bertz CT molecular complexity index is 1010. The average Bonchev–Trinajstić information content (AvgIpc) is 3.08. The summed E-state index contributed by atoms with van der Waals surface area (Å²) in [6.45, 7) is 5.78. The summed E-state index contributed by atoms with van der Waals surface area (Å²) < 4.78 is 37.5. The number of amides is 2. The molecule has 150 valence electrons. The molecule has 2 amide bonds. The quantitative estimate of drug-likeness (QED) is 0.750. The maximum Gasteiger partial charge on any atom is 0.303 e. The molecule has 2 heterocycles. The van der Waals surface area contributed by atoms with Gasteiger partial charge in [-0.1, -0.05) is 25.9 Å². The molecule has 0 saturated carbocycles. The predicted octanol–water partition coefficient (Wildman–Crippen LogP) is 2.10. The number of hydrogen-bond acceptors (Lipinski definition) is 7. The summed E-state index contributed by atoms with van der Waals surface area (Å²) in [5, 5.41) is 6.38. The van der Waals surface area contributed by atoms with Crippen LogP contribution in [0.1, 0.15) is 43.4 Å². The third-order valence-electron chi connectivity index (χ3n) is 4.08. The average molecular weight is 407 g/mol. The highest BCUT2D eigenvalue weighted by Crippen LogP contribution is 2.32. The summed E-state index contributed by atoms with van der Waals surface area (Å²) >= 11 is 0. The van der Waals surface area contributed by atoms with Gasteiger partial charge in [-0.25, -0.2) is 13.1 Å². The zero-order chi connectivity index (χ0) is 20.5. The minimum atomic E-state index is -4.19. The number of ether oxygens (including phenoxy) is 1. The van der Waals surface area contributed by atoms with E-state index >= 15 is 0 Å². The van der Waals surface area contributed by atoms with Crippen molar-refractivity contribution >= 4 is 27.5 Å². The Morgan fingerprint density at radius 2 is 2.07 bits per heavy atom. The molecule has 0 spiro atoms. The number of nitrogens with zero attached hydrogens (tertiary/aromatic N) is 1. The zero-order valence-corrected chi connectivity index (χ0v) is 16.5. The van der Waals surface area contributed by atoms with Crippen LogP contribution in [0.5, 0.6) is 5.75 Å². The van der Waals surface area contributed by atoms with Gasteiger partial charge in [-0.05, 0) is 37.0 Å². The lowest BCUT2D eigenvalue weighted by atomic mass is 10.1. The molecule has 1 aromatic heterocycles. The summed E-state index contributed by atoms with van der Waals surface area (Å²) in [6, 6.07) is 5.38. The van der Waals surface area contributed by atoms with E-state index in [0.29, 0.717) is 30.2 Å². The number of rotatable bonds is 6. The summed E-state index contributed by atoms with van der Waals surface area (Å²) in [5.41, 5.74) is 0.792. The van der Waals surface area contributed by atoms with Crippen LogP contribution in [0.15, 0.2) is 33.7 Å². The number of carbonyl (C=O) groups is 2. The van der Waals surface area contributed by atoms with E-state index in [-0.39, 0.29) is 22.3 Å². The molecule has 1 aliphatic heterocycles. The number of sulfonamides is 1. The number of aromatic nitrogens is 1. The molecule has 2 aromatic rings. The molecular formula is C18H21N3O6S. The molecule has 10 heteroatoms. The Balaban J connectivity index is 1.78. The number of fused-ring (bicyclic) bond motifs is 1. The molecule has 0 radical (unpaired) electrons. The summed E-state index contributed by atoms with van der Waals surface area (Å²) in [5.74, 6) is -0.797. The Morgan fingerprint density at radius 3 is 2.75 bits per heavy atom. The van der Waals surface area contributed by atoms with E-state index in [0.717, 1.165) is 0 Å². The molecule has 2 N–H and O–H groups in total. The SMILES string of the molecule is CC[C@H]1Oc2ccc(S(=O)(=O)NC(=O)c3cc(CC(C)C)no3)cc2NC1=O. The van der Waals surface area contributed by atoms with Gasteiger partial charge in [0.15, 0.2) is 6.10 Å². The third-order valence-corrected chi connectivity index (χ3v) is 5.41. The lowest BCUT2D eigenvalue weighted by Gasteiger charge is -2.25. The molecule has 1 aliphatic rings. The number of hydrogen-bond donors (Lipinski definition) is 2. The molecule has 1 atom stereocenters. The molecule has 28 heavy (non-hydrogen) atoms. The van der Waals surface area contributed by atoms with Gasteiger partial charge in [-0.2, -0.15) is 0 Å². The first kappa shape index (κ1) is 19.9. The van der Waals surface area contributed by atoms with Crippen molar-refractivity contribution in [2.75, 3.05) is 5.32 Å². The third kappa shape index (κ3) is 4.16. The standard InChI is InChI=1S/C18H21N3O6S/c1-4-14-17(22)19-13-9-12(5-6-15(13)26-14)28(24,25)21-18(23)16-8-11(20-27-16)7-10(2)3/h5-6,8-10,14H,4,7H2,1-3H3,(H,19,22)(H,21,23)/t14-/m1/s1. The summed E-state index contributed by atoms with van der Waals surface area (Å²) in [4.78, 5) is 24.0. The van der Waals surface area contributed by atoms with Crippen LogP contribution in [-0.4, -0.2) is 31.5 Å². The molecule has 9 nitrogen and oxygen atoms in total. The maximum absolute atomic E-state index is 12.5. The van der Waals surface area contributed by atoms with Crippen molar-refractivity contribution in [3.8, 4) is 5.75 Å². The second kappa shape index (κ2) is 7.63. The van der Waals surface area contributed by atoms with Gasteiger partial charge in [0, 0.05) is 6.07 Å². The lowest BCUT2D eigenvalue weighted by Crippen LogP contribution is -2.36. The van der Waals surface area contributed by atoms with Crippen LogP contribution in [0.4, 0.5) is 5.69 Å². The largest absolute Gasteiger partial charge is 0.478 e. The van der Waals surface area contributed by atoms with Crippen LogP contribution in [-0.2, 0) is 21.2 Å². The highest BCUT2D eigenvalue weighted by molar-refractivity contribution is 7.90. The van der Waals surface area contributed by atoms with Gasteiger partial charge >= 0.3 is 5.91 Å². The second-order valence-electron chi connectivity index (χ2n) is 6.88. The van der Waals surface area contributed by atoms with Crippen LogP contribution in [0.25, 0.3) is 0 Å². The van der Waals surface area contributed by atoms with Crippen molar-refractivity contribution in [2.24, 2.45) is 5.92 Å². The molecule has 0 aliphatic carbocycles. The van der Waals surface area contributed by atoms with E-state index in [1.807, 2.05) is 18.6 Å². The van der Waals surface area contributed by atoms with Gasteiger partial charge in [0.05, 0.1) is 16.3 Å². The van der Waals surface area contributed by atoms with Crippen molar-refractivity contribution in [1.29, 1.82) is 0 Å². The van der Waals surface area contributed by atoms with E-state index in [4.69, 9.17) is 9.26 Å². The maximum atomic E-state index is 12.5. The second-order valence-corrected chi connectivity index (χ2v) is 8.56. The topological polar surface area (TPSA) is 128 Å². The van der Waals surface area contributed by atoms with Crippen LogP contribution in [0.3, 0.4) is 0 Å². The zero-order valence-electron chi connectivity index (χ0n) is 15.7. The smallest absolute Gasteiger partial charge is 0.303 e. The van der Waals surface area contributed by atoms with Crippen LogP contribution < -0.4 is 14.8 Å². The Morgan fingerprint density at radius 1 is 1.32 bits per heavy atom. The minimum absolute atomic E-state index is 0.194. The number of carbonyl (C=O) groups excluding carboxylic acids is 2. The van der Waals surface area contributed by atoms with Gasteiger partial charge < -0.3 is 14.6 Å². The van der Waals surface area contributed by atoms with E-state index in [9.17, 15) is 18.0 Å². The fourth-order valence-electron chi connectivity index (χ4n) is 2.73.